The Morgan fingerprint density at radius 1 is 1.26 bits per heavy atom. The normalized spacial score (nSPS) is 11.5. The zero-order valence-corrected chi connectivity index (χ0v) is 11.2. The molecule has 0 saturated heterocycles. The molecule has 0 fully saturated rings. The van der Waals surface area contributed by atoms with E-state index >= 15 is 0 Å². The van der Waals surface area contributed by atoms with Crippen LogP contribution in [0, 0.1) is 0 Å². The van der Waals surface area contributed by atoms with Crippen LogP contribution in [-0.4, -0.2) is 23.1 Å². The minimum Gasteiger partial charge on any atom is -0.478 e. The Balaban J connectivity index is 2.84. The highest BCUT2D eigenvalue weighted by atomic mass is 16.7. The van der Waals surface area contributed by atoms with Crippen LogP contribution in [0.1, 0.15) is 26.3 Å². The van der Waals surface area contributed by atoms with E-state index in [1.54, 1.807) is 24.3 Å². The van der Waals surface area contributed by atoms with Gasteiger partial charge in [-0.05, 0) is 44.5 Å². The summed E-state index contributed by atoms with van der Waals surface area (Å²) in [6.45, 7) is 5.52. The minimum absolute atomic E-state index is 0.483. The molecule has 0 bridgehead atoms. The lowest BCUT2D eigenvalue weighted by Gasteiger charge is -2.26. The number of carboxylic acids is 1. The van der Waals surface area contributed by atoms with E-state index in [-0.39, 0.29) is 0 Å². The van der Waals surface area contributed by atoms with Gasteiger partial charge in [0.15, 0.2) is 0 Å². The van der Waals surface area contributed by atoms with Crippen LogP contribution < -0.4 is 5.06 Å². The number of carbonyl (C=O) groups excluding carboxylic acids is 1. The molecule has 0 aliphatic rings. The molecule has 0 radical (unpaired) electrons. The molecule has 0 spiro atoms. The van der Waals surface area contributed by atoms with Crippen LogP contribution in [0.4, 0.5) is 5.69 Å². The van der Waals surface area contributed by atoms with Gasteiger partial charge in [0, 0.05) is 6.08 Å². The lowest BCUT2D eigenvalue weighted by molar-refractivity contribution is -0.131. The summed E-state index contributed by atoms with van der Waals surface area (Å²) in [7, 11) is 0. The first-order valence-electron chi connectivity index (χ1n) is 5.76. The molecule has 0 aromatic heterocycles. The first kappa shape index (κ1) is 14.9. The predicted molar refractivity (Wildman–Crippen MR) is 72.5 cm³/mol. The van der Waals surface area contributed by atoms with Crippen LogP contribution >= 0.6 is 0 Å². The van der Waals surface area contributed by atoms with Crippen molar-refractivity contribution in [1.29, 1.82) is 0 Å². The maximum absolute atomic E-state index is 11.0. The molecule has 1 aromatic carbocycles. The fourth-order valence-corrected chi connectivity index (χ4v) is 1.33. The standard InChI is InChI=1S/C14H17NO4/c1-14(2,3)19-15(10-16)12-7-4-11(5-8-12)6-9-13(17)18/h4-10H,1-3H3,(H,17,18). The Labute approximate surface area is 112 Å². The smallest absolute Gasteiger partial charge is 0.328 e. The van der Waals surface area contributed by atoms with Gasteiger partial charge in [-0.25, -0.2) is 4.79 Å². The second kappa shape index (κ2) is 6.15. The predicted octanol–water partition coefficient (Wildman–Crippen LogP) is 2.48. The Bertz CT molecular complexity index is 471. The van der Waals surface area contributed by atoms with Gasteiger partial charge in [-0.1, -0.05) is 12.1 Å². The number of hydrogen-bond donors (Lipinski definition) is 1. The quantitative estimate of drug-likeness (QED) is 0.503. The Morgan fingerprint density at radius 3 is 2.26 bits per heavy atom. The number of hydrogen-bond acceptors (Lipinski definition) is 3. The summed E-state index contributed by atoms with van der Waals surface area (Å²) in [5.41, 5.74) is 0.827. The molecule has 102 valence electrons. The monoisotopic (exact) mass is 263 g/mol. The molecule has 0 heterocycles. The van der Waals surface area contributed by atoms with Gasteiger partial charge in [-0.2, -0.15) is 5.06 Å². The van der Waals surface area contributed by atoms with E-state index in [1.807, 2.05) is 20.8 Å². The molecule has 19 heavy (non-hydrogen) atoms. The molecule has 0 unspecified atom stereocenters. The van der Waals surface area contributed by atoms with E-state index in [4.69, 9.17) is 9.94 Å². The van der Waals surface area contributed by atoms with Crippen molar-refractivity contribution in [3.8, 4) is 0 Å². The average Bonchev–Trinajstić information content (AvgIpc) is 2.33. The second-order valence-corrected chi connectivity index (χ2v) is 4.90. The van der Waals surface area contributed by atoms with Crippen molar-refractivity contribution in [1.82, 2.24) is 0 Å². The molecule has 0 aliphatic carbocycles. The summed E-state index contributed by atoms with van der Waals surface area (Å²) in [6, 6.07) is 6.78. The highest BCUT2D eigenvalue weighted by Crippen LogP contribution is 2.19. The van der Waals surface area contributed by atoms with Gasteiger partial charge in [0.25, 0.3) is 0 Å². The zero-order chi connectivity index (χ0) is 14.5. The van der Waals surface area contributed by atoms with Crippen molar-refractivity contribution in [2.45, 2.75) is 26.4 Å². The second-order valence-electron chi connectivity index (χ2n) is 4.90. The van der Waals surface area contributed by atoms with Gasteiger partial charge >= 0.3 is 5.97 Å². The van der Waals surface area contributed by atoms with Gasteiger partial charge in [-0.3, -0.25) is 9.63 Å². The third-order valence-corrected chi connectivity index (χ3v) is 2.03. The maximum Gasteiger partial charge on any atom is 0.328 e. The minimum atomic E-state index is -1.00. The Hall–Kier alpha value is -2.14. The summed E-state index contributed by atoms with van der Waals surface area (Å²) in [4.78, 5) is 26.8. The zero-order valence-electron chi connectivity index (χ0n) is 11.2. The van der Waals surface area contributed by atoms with Crippen molar-refractivity contribution in [3.05, 3.63) is 35.9 Å². The van der Waals surface area contributed by atoms with Gasteiger partial charge in [0.1, 0.15) is 0 Å². The Morgan fingerprint density at radius 2 is 1.84 bits per heavy atom. The molecule has 0 atom stereocenters. The lowest BCUT2D eigenvalue weighted by Crippen LogP contribution is -2.32. The molecular formula is C14H17NO4. The van der Waals surface area contributed by atoms with E-state index < -0.39 is 11.6 Å². The number of benzene rings is 1. The van der Waals surface area contributed by atoms with Crippen LogP contribution in [0.2, 0.25) is 0 Å². The van der Waals surface area contributed by atoms with Crippen LogP contribution in [-0.2, 0) is 14.4 Å². The number of hydroxylamine groups is 1. The molecule has 0 saturated carbocycles. The number of rotatable bonds is 5. The van der Waals surface area contributed by atoms with E-state index in [9.17, 15) is 9.59 Å². The number of carboxylic acid groups (broad SMARTS) is 1. The molecule has 0 aliphatic heterocycles. The lowest BCUT2D eigenvalue weighted by atomic mass is 10.2. The average molecular weight is 263 g/mol. The van der Waals surface area contributed by atoms with E-state index in [0.29, 0.717) is 12.1 Å². The molecule has 5 nitrogen and oxygen atoms in total. The fourth-order valence-electron chi connectivity index (χ4n) is 1.33. The number of nitrogens with zero attached hydrogens (tertiary/aromatic N) is 1. The van der Waals surface area contributed by atoms with Gasteiger partial charge in [0.2, 0.25) is 6.41 Å². The van der Waals surface area contributed by atoms with Gasteiger partial charge in [-0.15, -0.1) is 0 Å². The first-order chi connectivity index (χ1) is 8.81. The largest absolute Gasteiger partial charge is 0.478 e. The van der Waals surface area contributed by atoms with Crippen molar-refractivity contribution >= 4 is 24.1 Å². The summed E-state index contributed by atoms with van der Waals surface area (Å²) < 4.78 is 0. The number of anilines is 1. The maximum atomic E-state index is 11.0. The van der Waals surface area contributed by atoms with Crippen LogP contribution in [0.3, 0.4) is 0 Å². The highest BCUT2D eigenvalue weighted by molar-refractivity contribution is 5.85. The molecule has 1 N–H and O–H groups in total. The van der Waals surface area contributed by atoms with Crippen LogP contribution in [0.15, 0.2) is 30.3 Å². The molecule has 1 rings (SSSR count). The summed E-state index contributed by atoms with van der Waals surface area (Å²) >= 11 is 0. The molecule has 5 heteroatoms. The number of aliphatic carboxylic acids is 1. The van der Waals surface area contributed by atoms with Crippen molar-refractivity contribution < 1.29 is 19.5 Å². The molecule has 1 amide bonds. The van der Waals surface area contributed by atoms with Gasteiger partial charge in [0.05, 0.1) is 11.3 Å². The number of carbonyl (C=O) groups is 2. The molecular weight excluding hydrogens is 246 g/mol. The Kier molecular flexibility index (Phi) is 4.83. The first-order valence-corrected chi connectivity index (χ1v) is 5.76. The van der Waals surface area contributed by atoms with E-state index in [2.05, 4.69) is 0 Å². The van der Waals surface area contributed by atoms with Crippen LogP contribution in [0.25, 0.3) is 6.08 Å². The van der Waals surface area contributed by atoms with Crippen molar-refractivity contribution in [3.63, 3.8) is 0 Å². The number of amides is 1. The van der Waals surface area contributed by atoms with Crippen molar-refractivity contribution in [2.75, 3.05) is 5.06 Å². The van der Waals surface area contributed by atoms with Gasteiger partial charge < -0.3 is 5.11 Å². The summed E-state index contributed by atoms with van der Waals surface area (Å²) in [6.07, 6.45) is 3.12. The SMILES string of the molecule is CC(C)(C)ON(C=O)c1ccc(C=CC(=O)O)cc1. The summed E-state index contributed by atoms with van der Waals surface area (Å²) in [5, 5.41) is 9.67. The topological polar surface area (TPSA) is 66.8 Å². The van der Waals surface area contributed by atoms with E-state index in [0.717, 1.165) is 16.7 Å². The fraction of sp³-hybridized carbons (Fsp3) is 0.286. The highest BCUT2D eigenvalue weighted by Gasteiger charge is 2.17. The third-order valence-electron chi connectivity index (χ3n) is 2.03. The summed E-state index contributed by atoms with van der Waals surface area (Å²) in [5.74, 6) is -1.00. The molecule has 1 aromatic rings. The third kappa shape index (κ3) is 5.35. The van der Waals surface area contributed by atoms with Crippen molar-refractivity contribution in [2.24, 2.45) is 0 Å². The van der Waals surface area contributed by atoms with Crippen LogP contribution in [0.5, 0.6) is 0 Å². The van der Waals surface area contributed by atoms with E-state index in [1.165, 1.54) is 6.08 Å².